The third kappa shape index (κ3) is 3.05. The van der Waals surface area contributed by atoms with Crippen LogP contribution in [0.1, 0.15) is 33.3 Å². The zero-order valence-electron chi connectivity index (χ0n) is 12.1. The summed E-state index contributed by atoms with van der Waals surface area (Å²) in [5.74, 6) is 0. The predicted octanol–water partition coefficient (Wildman–Crippen LogP) is 2.79. The maximum absolute atomic E-state index is 12.5. The van der Waals surface area contributed by atoms with Crippen LogP contribution in [0.25, 0.3) is 0 Å². The molecular weight excluding hydrogens is 258 g/mol. The van der Waals surface area contributed by atoms with Gasteiger partial charge in [-0.05, 0) is 26.0 Å². The van der Waals surface area contributed by atoms with Crippen molar-refractivity contribution in [1.29, 1.82) is 5.26 Å². The first-order valence-corrected chi connectivity index (χ1v) is 7.45. The molecule has 1 aromatic rings. The Kier molecular flexibility index (Phi) is 4.54. The Balaban J connectivity index is 3.13. The van der Waals surface area contributed by atoms with Crippen LogP contribution in [0.4, 0.5) is 0 Å². The quantitative estimate of drug-likeness (QED) is 0.865. The summed E-state index contributed by atoms with van der Waals surface area (Å²) in [6, 6.07) is 9.26. The van der Waals surface area contributed by atoms with Gasteiger partial charge in [-0.3, -0.25) is 4.21 Å². The highest BCUT2D eigenvalue weighted by Gasteiger charge is 2.48. The van der Waals surface area contributed by atoms with Crippen molar-refractivity contribution in [3.63, 3.8) is 0 Å². The second kappa shape index (κ2) is 5.44. The Hall–Kier alpha value is -1.18. The second-order valence-corrected chi connectivity index (χ2v) is 7.65. The first kappa shape index (κ1) is 15.9. The molecule has 0 unspecified atom stereocenters. The Morgan fingerprint density at radius 3 is 2.11 bits per heavy atom. The van der Waals surface area contributed by atoms with E-state index >= 15 is 0 Å². The molecule has 0 amide bonds. The molecule has 0 saturated carbocycles. The molecule has 3 atom stereocenters. The number of benzene rings is 1. The fourth-order valence-electron chi connectivity index (χ4n) is 1.90. The van der Waals surface area contributed by atoms with Crippen molar-refractivity contribution >= 4 is 10.8 Å². The molecule has 4 heteroatoms. The molecule has 0 heterocycles. The van der Waals surface area contributed by atoms with Gasteiger partial charge in [0.1, 0.15) is 0 Å². The summed E-state index contributed by atoms with van der Waals surface area (Å²) in [6.45, 7) is 8.94. The van der Waals surface area contributed by atoms with E-state index in [0.717, 1.165) is 5.56 Å². The van der Waals surface area contributed by atoms with Crippen LogP contribution in [-0.2, 0) is 10.8 Å². The molecule has 0 aromatic heterocycles. The van der Waals surface area contributed by atoms with E-state index in [9.17, 15) is 14.6 Å². The molecule has 0 aliphatic rings. The largest absolute Gasteiger partial charge is 0.374 e. The van der Waals surface area contributed by atoms with Gasteiger partial charge in [-0.1, -0.05) is 38.5 Å². The number of hydrogen-bond acceptors (Lipinski definition) is 3. The van der Waals surface area contributed by atoms with E-state index in [-0.39, 0.29) is 0 Å². The zero-order chi connectivity index (χ0) is 14.8. The van der Waals surface area contributed by atoms with E-state index < -0.39 is 27.1 Å². The number of nitrogens with zero attached hydrogens (tertiary/aromatic N) is 1. The fraction of sp³-hybridized carbons (Fsp3) is 0.533. The lowest BCUT2D eigenvalue weighted by atomic mass is 9.75. The molecule has 19 heavy (non-hydrogen) atoms. The molecule has 1 aromatic carbocycles. The molecule has 0 aliphatic carbocycles. The predicted molar refractivity (Wildman–Crippen MR) is 77.1 cm³/mol. The minimum absolute atomic E-state index is 0.635. The van der Waals surface area contributed by atoms with Crippen LogP contribution in [0.2, 0.25) is 0 Å². The summed E-state index contributed by atoms with van der Waals surface area (Å²) >= 11 is 0. The summed E-state index contributed by atoms with van der Waals surface area (Å²) in [7, 11) is -1.42. The highest BCUT2D eigenvalue weighted by atomic mass is 32.2. The number of rotatable bonds is 3. The fourth-order valence-corrected chi connectivity index (χ4v) is 3.43. The molecular formula is C15H21NO2S. The summed E-state index contributed by atoms with van der Waals surface area (Å²) in [5.41, 5.74) is -1.22. The molecule has 0 spiro atoms. The average molecular weight is 279 g/mol. The summed E-state index contributed by atoms with van der Waals surface area (Å²) < 4.78 is 12.5. The normalized spacial score (nSPS) is 18.2. The van der Waals surface area contributed by atoms with E-state index in [4.69, 9.17) is 0 Å². The minimum atomic E-state index is -1.64. The van der Waals surface area contributed by atoms with Crippen LogP contribution in [-0.4, -0.2) is 20.2 Å². The topological polar surface area (TPSA) is 61.1 Å². The molecule has 1 rings (SSSR count). The molecule has 0 aliphatic heterocycles. The van der Waals surface area contributed by atoms with Gasteiger partial charge in [0.15, 0.2) is 5.60 Å². The highest BCUT2D eigenvalue weighted by molar-refractivity contribution is 7.85. The van der Waals surface area contributed by atoms with Crippen LogP contribution in [0, 0.1) is 23.7 Å². The smallest absolute Gasteiger partial charge is 0.170 e. The van der Waals surface area contributed by atoms with E-state index in [1.807, 2.05) is 25.1 Å². The van der Waals surface area contributed by atoms with E-state index in [2.05, 4.69) is 0 Å². The number of hydrogen-bond donors (Lipinski definition) is 1. The molecule has 0 radical (unpaired) electrons. The minimum Gasteiger partial charge on any atom is -0.374 e. The van der Waals surface area contributed by atoms with Crippen molar-refractivity contribution in [2.75, 3.05) is 0 Å². The number of aryl methyl sites for hydroxylation is 1. The number of nitriles is 1. The van der Waals surface area contributed by atoms with Crippen LogP contribution in [0.5, 0.6) is 0 Å². The summed E-state index contributed by atoms with van der Waals surface area (Å²) in [5, 5.41) is 19.2. The van der Waals surface area contributed by atoms with Gasteiger partial charge < -0.3 is 5.11 Å². The van der Waals surface area contributed by atoms with E-state index in [0.29, 0.717) is 4.90 Å². The first-order chi connectivity index (χ1) is 8.63. The Morgan fingerprint density at radius 1 is 1.26 bits per heavy atom. The lowest BCUT2D eigenvalue weighted by molar-refractivity contribution is -0.00535. The third-order valence-corrected chi connectivity index (χ3v) is 5.20. The van der Waals surface area contributed by atoms with Crippen molar-refractivity contribution < 1.29 is 9.32 Å². The van der Waals surface area contributed by atoms with Gasteiger partial charge in [0.25, 0.3) is 0 Å². The monoisotopic (exact) mass is 279 g/mol. The van der Waals surface area contributed by atoms with Gasteiger partial charge in [0, 0.05) is 10.3 Å². The standard InChI is InChI=1S/C15H21NO2S/c1-11-6-8-13(9-7-11)19(18)12(2)15(17,10-16)14(3,4)5/h6-9,12,17H,1-5H3/t12-,15-,19-/m1/s1. The molecule has 104 valence electrons. The highest BCUT2D eigenvalue weighted by Crippen LogP contribution is 2.36. The Morgan fingerprint density at radius 2 is 1.74 bits per heavy atom. The molecule has 0 saturated heterocycles. The Labute approximate surface area is 117 Å². The van der Waals surface area contributed by atoms with Crippen LogP contribution in [0.15, 0.2) is 29.2 Å². The lowest BCUT2D eigenvalue weighted by Gasteiger charge is -2.38. The SMILES string of the molecule is Cc1ccc([S@](=O)[C@H](C)[C@](O)(C#N)C(C)(C)C)cc1. The van der Waals surface area contributed by atoms with E-state index in [1.54, 1.807) is 39.8 Å². The van der Waals surface area contributed by atoms with Gasteiger partial charge in [-0.15, -0.1) is 0 Å². The molecule has 1 N–H and O–H groups in total. The molecule has 0 fully saturated rings. The van der Waals surface area contributed by atoms with Crippen LogP contribution < -0.4 is 0 Å². The van der Waals surface area contributed by atoms with Crippen LogP contribution >= 0.6 is 0 Å². The van der Waals surface area contributed by atoms with Crippen molar-refractivity contribution in [2.24, 2.45) is 5.41 Å². The van der Waals surface area contributed by atoms with Crippen LogP contribution in [0.3, 0.4) is 0 Å². The van der Waals surface area contributed by atoms with Gasteiger partial charge >= 0.3 is 0 Å². The maximum Gasteiger partial charge on any atom is 0.170 e. The third-order valence-electron chi connectivity index (χ3n) is 3.48. The van der Waals surface area contributed by atoms with Gasteiger partial charge in [-0.25, -0.2) is 0 Å². The van der Waals surface area contributed by atoms with Crippen molar-refractivity contribution in [3.05, 3.63) is 29.8 Å². The first-order valence-electron chi connectivity index (χ1n) is 6.24. The number of aliphatic hydroxyl groups is 1. The lowest BCUT2D eigenvalue weighted by Crippen LogP contribution is -2.51. The second-order valence-electron chi connectivity index (χ2n) is 5.88. The van der Waals surface area contributed by atoms with E-state index in [1.165, 1.54) is 0 Å². The summed E-state index contributed by atoms with van der Waals surface area (Å²) in [6.07, 6.45) is 0. The van der Waals surface area contributed by atoms with Crippen molar-refractivity contribution in [3.8, 4) is 6.07 Å². The zero-order valence-corrected chi connectivity index (χ0v) is 12.9. The summed E-state index contributed by atoms with van der Waals surface area (Å²) in [4.78, 5) is 0.635. The maximum atomic E-state index is 12.5. The molecule has 3 nitrogen and oxygen atoms in total. The van der Waals surface area contributed by atoms with Gasteiger partial charge in [0.2, 0.25) is 0 Å². The van der Waals surface area contributed by atoms with Gasteiger partial charge in [0.05, 0.1) is 22.1 Å². The average Bonchev–Trinajstić information content (AvgIpc) is 2.35. The van der Waals surface area contributed by atoms with Gasteiger partial charge in [-0.2, -0.15) is 5.26 Å². The molecule has 0 bridgehead atoms. The van der Waals surface area contributed by atoms with Crippen molar-refractivity contribution in [1.82, 2.24) is 0 Å². The van der Waals surface area contributed by atoms with Crippen molar-refractivity contribution in [2.45, 2.75) is 50.4 Å². The Bertz CT molecular complexity index is 510.